The number of unbranched alkanes of at least 4 members (excludes halogenated alkanes) is 1. The van der Waals surface area contributed by atoms with Crippen molar-refractivity contribution in [2.45, 2.75) is 33.1 Å². The summed E-state index contributed by atoms with van der Waals surface area (Å²) in [5.41, 5.74) is 3.21. The summed E-state index contributed by atoms with van der Waals surface area (Å²) in [7, 11) is 0. The molecule has 7 nitrogen and oxygen atoms in total. The van der Waals surface area contributed by atoms with Crippen LogP contribution >= 0.6 is 22.9 Å². The number of thiazole rings is 1. The summed E-state index contributed by atoms with van der Waals surface area (Å²) in [6.45, 7) is 3.97. The van der Waals surface area contributed by atoms with Crippen molar-refractivity contribution in [3.05, 3.63) is 81.5 Å². The van der Waals surface area contributed by atoms with Crippen LogP contribution in [0.2, 0.25) is 0 Å². The zero-order valence-electron chi connectivity index (χ0n) is 18.7. The SMILES string of the molecule is CCCCc1ccc(N2C(=O)C(Cl)=C(Nc3cccc(C(=O)Nc4nc(C)cs4)c3)C2=O)cc1. The molecule has 3 aromatic rings. The van der Waals surface area contributed by atoms with Crippen LogP contribution < -0.4 is 15.5 Å². The smallest absolute Gasteiger partial charge is 0.283 e. The number of aromatic nitrogens is 1. The molecule has 0 unspecified atom stereocenters. The average Bonchev–Trinajstić information content (AvgIpc) is 3.34. The van der Waals surface area contributed by atoms with E-state index in [4.69, 9.17) is 11.6 Å². The van der Waals surface area contributed by atoms with E-state index in [9.17, 15) is 14.4 Å². The number of amides is 3. The highest BCUT2D eigenvalue weighted by atomic mass is 35.5. The van der Waals surface area contributed by atoms with Crippen LogP contribution in [0.25, 0.3) is 0 Å². The molecule has 174 valence electrons. The maximum Gasteiger partial charge on any atom is 0.283 e. The van der Waals surface area contributed by atoms with Gasteiger partial charge in [-0.1, -0.05) is 43.1 Å². The molecule has 0 aliphatic carbocycles. The third-order valence-corrected chi connectivity index (χ3v) is 6.50. The molecule has 3 amide bonds. The van der Waals surface area contributed by atoms with Gasteiger partial charge in [-0.25, -0.2) is 9.88 Å². The first-order valence-electron chi connectivity index (χ1n) is 10.9. The second kappa shape index (κ2) is 10.2. The Labute approximate surface area is 206 Å². The summed E-state index contributed by atoms with van der Waals surface area (Å²) in [6.07, 6.45) is 3.10. The van der Waals surface area contributed by atoms with Gasteiger partial charge in [0, 0.05) is 16.6 Å². The number of aryl methyl sites for hydroxylation is 2. The molecule has 0 fully saturated rings. The predicted molar refractivity (Wildman–Crippen MR) is 135 cm³/mol. The van der Waals surface area contributed by atoms with Gasteiger partial charge in [0.15, 0.2) is 5.13 Å². The van der Waals surface area contributed by atoms with E-state index in [0.717, 1.165) is 35.4 Å². The van der Waals surface area contributed by atoms with Crippen molar-refractivity contribution in [1.29, 1.82) is 0 Å². The van der Waals surface area contributed by atoms with Gasteiger partial charge in [-0.2, -0.15) is 0 Å². The third kappa shape index (κ3) is 5.03. The van der Waals surface area contributed by atoms with Gasteiger partial charge in [0.05, 0.1) is 11.4 Å². The van der Waals surface area contributed by atoms with Crippen LogP contribution in [0.3, 0.4) is 0 Å². The first kappa shape index (κ1) is 23.7. The van der Waals surface area contributed by atoms with E-state index in [1.165, 1.54) is 11.3 Å². The van der Waals surface area contributed by atoms with Gasteiger partial charge < -0.3 is 5.32 Å². The minimum absolute atomic E-state index is 0.0326. The van der Waals surface area contributed by atoms with Crippen LogP contribution in [-0.2, 0) is 16.0 Å². The molecule has 1 aromatic heterocycles. The number of carbonyl (C=O) groups excluding carboxylic acids is 3. The summed E-state index contributed by atoms with van der Waals surface area (Å²) < 4.78 is 0. The highest BCUT2D eigenvalue weighted by Crippen LogP contribution is 2.30. The predicted octanol–water partition coefficient (Wildman–Crippen LogP) is 5.48. The Bertz CT molecular complexity index is 1280. The number of rotatable bonds is 8. The molecule has 1 aliphatic rings. The summed E-state index contributed by atoms with van der Waals surface area (Å²) in [4.78, 5) is 43.7. The topological polar surface area (TPSA) is 91.4 Å². The number of nitrogens with zero attached hydrogens (tertiary/aromatic N) is 2. The van der Waals surface area contributed by atoms with Crippen LogP contribution in [0.5, 0.6) is 0 Å². The second-order valence-electron chi connectivity index (χ2n) is 7.86. The van der Waals surface area contributed by atoms with E-state index in [1.807, 2.05) is 24.4 Å². The molecular formula is C25H23ClN4O3S. The molecule has 0 bridgehead atoms. The Morgan fingerprint density at radius 3 is 2.56 bits per heavy atom. The maximum absolute atomic E-state index is 13.1. The molecule has 2 heterocycles. The fraction of sp³-hybridized carbons (Fsp3) is 0.200. The highest BCUT2D eigenvalue weighted by Gasteiger charge is 2.39. The minimum Gasteiger partial charge on any atom is -0.350 e. The minimum atomic E-state index is -0.594. The van der Waals surface area contributed by atoms with Crippen LogP contribution in [0.1, 0.15) is 41.4 Å². The second-order valence-corrected chi connectivity index (χ2v) is 9.09. The van der Waals surface area contributed by atoms with Gasteiger partial charge >= 0.3 is 0 Å². The Kier molecular flexibility index (Phi) is 7.09. The Morgan fingerprint density at radius 2 is 1.88 bits per heavy atom. The molecule has 2 N–H and O–H groups in total. The number of hydrogen-bond acceptors (Lipinski definition) is 6. The molecule has 0 radical (unpaired) electrons. The largest absolute Gasteiger partial charge is 0.350 e. The van der Waals surface area contributed by atoms with Gasteiger partial charge in [0.25, 0.3) is 17.7 Å². The number of hydrogen-bond donors (Lipinski definition) is 2. The average molecular weight is 495 g/mol. The van der Waals surface area contributed by atoms with E-state index in [-0.39, 0.29) is 16.6 Å². The van der Waals surface area contributed by atoms with Crippen molar-refractivity contribution >= 4 is 57.2 Å². The summed E-state index contributed by atoms with van der Waals surface area (Å²) in [5, 5.41) is 7.80. The highest BCUT2D eigenvalue weighted by molar-refractivity contribution is 7.13. The number of carbonyl (C=O) groups is 3. The van der Waals surface area contributed by atoms with Crippen LogP contribution in [0.15, 0.2) is 64.6 Å². The van der Waals surface area contributed by atoms with Crippen molar-refractivity contribution in [3.63, 3.8) is 0 Å². The van der Waals surface area contributed by atoms with Gasteiger partial charge in [-0.15, -0.1) is 11.3 Å². The molecule has 4 rings (SSSR count). The van der Waals surface area contributed by atoms with E-state index in [1.54, 1.807) is 36.4 Å². The fourth-order valence-corrected chi connectivity index (χ4v) is 4.40. The quantitative estimate of drug-likeness (QED) is 0.404. The molecule has 0 saturated carbocycles. The molecule has 0 atom stereocenters. The number of halogens is 1. The maximum atomic E-state index is 13.1. The van der Waals surface area contributed by atoms with E-state index in [0.29, 0.717) is 22.1 Å². The number of nitrogens with one attached hydrogen (secondary N) is 2. The Hall–Kier alpha value is -3.49. The van der Waals surface area contributed by atoms with Crippen molar-refractivity contribution < 1.29 is 14.4 Å². The van der Waals surface area contributed by atoms with E-state index < -0.39 is 11.8 Å². The number of benzene rings is 2. The molecule has 34 heavy (non-hydrogen) atoms. The lowest BCUT2D eigenvalue weighted by Crippen LogP contribution is -2.32. The Morgan fingerprint density at radius 1 is 1.12 bits per heavy atom. The standard InChI is InChI=1S/C25H23ClN4O3S/c1-3-4-6-16-9-11-19(12-10-16)30-23(32)20(26)21(24(30)33)28-18-8-5-7-17(13-18)22(31)29-25-27-15(2)14-34-25/h5,7-14,28H,3-4,6H2,1-2H3,(H,27,29,31). The van der Waals surface area contributed by atoms with Crippen molar-refractivity contribution in [3.8, 4) is 0 Å². The van der Waals surface area contributed by atoms with Gasteiger partial charge in [-0.05, 0) is 55.7 Å². The van der Waals surface area contributed by atoms with Gasteiger partial charge in [0.2, 0.25) is 0 Å². The monoisotopic (exact) mass is 494 g/mol. The Balaban J connectivity index is 1.49. The summed E-state index contributed by atoms with van der Waals surface area (Å²) >= 11 is 7.58. The zero-order chi connectivity index (χ0) is 24.2. The van der Waals surface area contributed by atoms with Crippen molar-refractivity contribution in [2.24, 2.45) is 0 Å². The van der Waals surface area contributed by atoms with Crippen LogP contribution in [-0.4, -0.2) is 22.7 Å². The molecule has 9 heteroatoms. The van der Waals surface area contributed by atoms with Gasteiger partial charge in [-0.3, -0.25) is 19.7 Å². The van der Waals surface area contributed by atoms with Crippen molar-refractivity contribution in [1.82, 2.24) is 4.98 Å². The lowest BCUT2D eigenvalue weighted by Gasteiger charge is -2.16. The lowest BCUT2D eigenvalue weighted by molar-refractivity contribution is -0.120. The van der Waals surface area contributed by atoms with Crippen LogP contribution in [0.4, 0.5) is 16.5 Å². The molecule has 0 saturated heterocycles. The first-order valence-corrected chi connectivity index (χ1v) is 12.1. The molecule has 1 aliphatic heterocycles. The third-order valence-electron chi connectivity index (χ3n) is 5.27. The van der Waals surface area contributed by atoms with Crippen LogP contribution in [0, 0.1) is 6.92 Å². The molecule has 2 aromatic carbocycles. The zero-order valence-corrected chi connectivity index (χ0v) is 20.3. The number of anilines is 3. The van der Waals surface area contributed by atoms with Gasteiger partial charge in [0.1, 0.15) is 10.7 Å². The molecule has 0 spiro atoms. The normalized spacial score (nSPS) is 13.6. The van der Waals surface area contributed by atoms with E-state index >= 15 is 0 Å². The lowest BCUT2D eigenvalue weighted by atomic mass is 10.1. The summed E-state index contributed by atoms with van der Waals surface area (Å²) in [6, 6.07) is 13.9. The first-order chi connectivity index (χ1) is 16.4. The summed E-state index contributed by atoms with van der Waals surface area (Å²) in [5.74, 6) is -1.48. The fourth-order valence-electron chi connectivity index (χ4n) is 3.50. The number of imide groups is 1. The molecular weight excluding hydrogens is 472 g/mol. The van der Waals surface area contributed by atoms with E-state index in [2.05, 4.69) is 22.5 Å². The van der Waals surface area contributed by atoms with Crippen molar-refractivity contribution in [2.75, 3.05) is 15.5 Å².